The predicted molar refractivity (Wildman–Crippen MR) is 143 cm³/mol. The molecule has 208 valence electrons. The van der Waals surface area contributed by atoms with Gasteiger partial charge in [-0.15, -0.1) is 11.3 Å². The molecule has 4 N–H and O–H groups in total. The van der Waals surface area contributed by atoms with Crippen molar-refractivity contribution in [2.45, 2.75) is 44.4 Å². The minimum absolute atomic E-state index is 0.0991. The summed E-state index contributed by atoms with van der Waals surface area (Å²) in [6.07, 6.45) is 3.07. The summed E-state index contributed by atoms with van der Waals surface area (Å²) in [6.45, 7) is 2.38. The van der Waals surface area contributed by atoms with Crippen LogP contribution >= 0.6 is 11.3 Å². The number of thiophene rings is 1. The first-order chi connectivity index (χ1) is 18.6. The molecule has 1 aliphatic heterocycles. The van der Waals surface area contributed by atoms with Crippen LogP contribution in [0.2, 0.25) is 0 Å². The average Bonchev–Trinajstić information content (AvgIpc) is 3.47. The van der Waals surface area contributed by atoms with Crippen molar-refractivity contribution in [3.63, 3.8) is 0 Å². The van der Waals surface area contributed by atoms with Gasteiger partial charge in [0.05, 0.1) is 36.0 Å². The molecule has 12 nitrogen and oxygen atoms in total. The van der Waals surface area contributed by atoms with Gasteiger partial charge in [-0.2, -0.15) is 13.1 Å². The number of hydrogen-bond donors (Lipinski definition) is 4. The fraction of sp³-hybridized carbons (Fsp3) is 0.440. The number of rotatable bonds is 9. The molecule has 4 heterocycles. The molecule has 3 aromatic heterocycles. The minimum atomic E-state index is -4.35. The van der Waals surface area contributed by atoms with E-state index in [1.807, 2.05) is 29.8 Å². The molecule has 1 fully saturated rings. The summed E-state index contributed by atoms with van der Waals surface area (Å²) in [5, 5.41) is 13.6. The monoisotopic (exact) mass is 575 g/mol. The number of methoxy groups -OCH3 is 1. The molecule has 2 aliphatic rings. The molecular weight excluding hydrogens is 546 g/mol. The molecule has 0 aromatic carbocycles. The molecule has 39 heavy (non-hydrogen) atoms. The van der Waals surface area contributed by atoms with E-state index in [2.05, 4.69) is 20.3 Å². The van der Waals surface area contributed by atoms with Gasteiger partial charge in [0, 0.05) is 41.2 Å². The number of nitrogens with zero attached hydrogens (tertiary/aromatic N) is 3. The van der Waals surface area contributed by atoms with Gasteiger partial charge in [0.15, 0.2) is 0 Å². The minimum Gasteiger partial charge on any atom is -0.481 e. The summed E-state index contributed by atoms with van der Waals surface area (Å²) in [7, 11) is -2.79. The smallest absolute Gasteiger partial charge is 0.333 e. The number of aliphatic hydroxyl groups excluding tert-OH is 1. The Balaban J connectivity index is 1.35. The van der Waals surface area contributed by atoms with E-state index >= 15 is 0 Å². The van der Waals surface area contributed by atoms with Crippen molar-refractivity contribution in [2.75, 3.05) is 25.6 Å². The average molecular weight is 576 g/mol. The SMILES string of the molecule is COc1ccc2c(n1)[C@H](c1cc(C(=O)c3cncnc3N[C@@H]3C[C@H](CNS(=O)(=O)O)[C@@H](O)C3)sc1C)OCC2. The molecular formula is C25H29N5O7S2. The van der Waals surface area contributed by atoms with Crippen LogP contribution in [0, 0.1) is 12.8 Å². The first-order valence-corrected chi connectivity index (χ1v) is 14.7. The van der Waals surface area contributed by atoms with Gasteiger partial charge in [-0.25, -0.2) is 15.0 Å². The van der Waals surface area contributed by atoms with Crippen molar-refractivity contribution >= 4 is 33.2 Å². The first-order valence-electron chi connectivity index (χ1n) is 12.4. The number of carbonyl (C=O) groups excluding carboxylic acids is 1. The highest BCUT2D eigenvalue weighted by molar-refractivity contribution is 7.83. The highest BCUT2D eigenvalue weighted by Gasteiger charge is 2.35. The van der Waals surface area contributed by atoms with Crippen LogP contribution in [0.25, 0.3) is 0 Å². The lowest BCUT2D eigenvalue weighted by Crippen LogP contribution is -2.32. The molecule has 5 rings (SSSR count). The van der Waals surface area contributed by atoms with Crippen LogP contribution in [-0.4, -0.2) is 71.2 Å². The van der Waals surface area contributed by atoms with Gasteiger partial charge in [-0.3, -0.25) is 9.35 Å². The Morgan fingerprint density at radius 3 is 2.90 bits per heavy atom. The lowest BCUT2D eigenvalue weighted by Gasteiger charge is -2.25. The molecule has 14 heteroatoms. The Morgan fingerprint density at radius 1 is 1.31 bits per heavy atom. The van der Waals surface area contributed by atoms with Crippen LogP contribution in [-0.2, 0) is 21.5 Å². The van der Waals surface area contributed by atoms with Crippen molar-refractivity contribution in [2.24, 2.45) is 5.92 Å². The van der Waals surface area contributed by atoms with Crippen LogP contribution in [0.3, 0.4) is 0 Å². The van der Waals surface area contributed by atoms with E-state index in [0.717, 1.165) is 28.1 Å². The number of aryl methyl sites for hydroxylation is 1. The second kappa shape index (κ2) is 11.2. The van der Waals surface area contributed by atoms with Crippen LogP contribution in [0.1, 0.15) is 55.9 Å². The second-order valence-corrected chi connectivity index (χ2v) is 12.1. The lowest BCUT2D eigenvalue weighted by atomic mass is 9.97. The van der Waals surface area contributed by atoms with E-state index in [1.54, 1.807) is 7.11 Å². The number of anilines is 1. The van der Waals surface area contributed by atoms with Crippen molar-refractivity contribution in [1.82, 2.24) is 19.7 Å². The summed E-state index contributed by atoms with van der Waals surface area (Å²) in [6, 6.07) is 5.39. The highest BCUT2D eigenvalue weighted by Crippen LogP contribution is 2.38. The molecule has 4 atom stereocenters. The zero-order chi connectivity index (χ0) is 27.7. The van der Waals surface area contributed by atoms with E-state index in [1.165, 1.54) is 23.9 Å². The number of pyridine rings is 1. The van der Waals surface area contributed by atoms with E-state index in [-0.39, 0.29) is 23.9 Å². The summed E-state index contributed by atoms with van der Waals surface area (Å²) in [4.78, 5) is 28.0. The zero-order valence-electron chi connectivity index (χ0n) is 21.3. The normalized spacial score (nSPS) is 22.9. The van der Waals surface area contributed by atoms with Gasteiger partial charge in [-0.1, -0.05) is 6.07 Å². The van der Waals surface area contributed by atoms with E-state index in [0.29, 0.717) is 36.0 Å². The number of hydrogen-bond acceptors (Lipinski definition) is 11. The molecule has 0 amide bonds. The van der Waals surface area contributed by atoms with E-state index in [4.69, 9.17) is 14.0 Å². The van der Waals surface area contributed by atoms with Gasteiger partial charge >= 0.3 is 10.3 Å². The summed E-state index contributed by atoms with van der Waals surface area (Å²) in [5.41, 5.74) is 3.01. The maximum atomic E-state index is 13.6. The maximum absolute atomic E-state index is 13.6. The van der Waals surface area contributed by atoms with Gasteiger partial charge in [0.2, 0.25) is 11.7 Å². The molecule has 0 radical (unpaired) electrons. The van der Waals surface area contributed by atoms with Crippen LogP contribution in [0.5, 0.6) is 5.88 Å². The number of ether oxygens (including phenoxy) is 2. The molecule has 0 unspecified atom stereocenters. The second-order valence-electron chi connectivity index (χ2n) is 9.60. The fourth-order valence-electron chi connectivity index (χ4n) is 5.10. The lowest BCUT2D eigenvalue weighted by molar-refractivity contribution is 0.0658. The third-order valence-corrected chi connectivity index (χ3v) is 8.64. The molecule has 0 spiro atoms. The third-order valence-electron chi connectivity index (χ3n) is 7.05. The first kappa shape index (κ1) is 27.6. The number of ketones is 1. The van der Waals surface area contributed by atoms with Gasteiger partial charge in [-0.05, 0) is 37.8 Å². The quantitative estimate of drug-likeness (QED) is 0.217. The largest absolute Gasteiger partial charge is 0.481 e. The Hall–Kier alpha value is -3.01. The Bertz CT molecular complexity index is 1480. The molecule has 3 aromatic rings. The van der Waals surface area contributed by atoms with Crippen LogP contribution in [0.4, 0.5) is 5.82 Å². The Labute approximate surface area is 229 Å². The Morgan fingerprint density at radius 2 is 2.13 bits per heavy atom. The van der Waals surface area contributed by atoms with E-state index < -0.39 is 28.4 Å². The zero-order valence-corrected chi connectivity index (χ0v) is 23.0. The van der Waals surface area contributed by atoms with Crippen molar-refractivity contribution in [3.05, 3.63) is 62.9 Å². The molecule has 1 saturated carbocycles. The van der Waals surface area contributed by atoms with Gasteiger partial charge in [0.1, 0.15) is 18.2 Å². The number of aliphatic hydroxyl groups is 1. The van der Waals surface area contributed by atoms with Crippen molar-refractivity contribution in [1.29, 1.82) is 0 Å². The number of aromatic nitrogens is 3. The highest BCUT2D eigenvalue weighted by atomic mass is 32.2. The van der Waals surface area contributed by atoms with Crippen molar-refractivity contribution in [3.8, 4) is 5.88 Å². The predicted octanol–water partition coefficient (Wildman–Crippen LogP) is 2.09. The molecule has 0 saturated heterocycles. The summed E-state index contributed by atoms with van der Waals surface area (Å²) < 4.78 is 44.4. The number of nitrogens with one attached hydrogen (secondary N) is 2. The Kier molecular flexibility index (Phi) is 7.94. The molecule has 1 aliphatic carbocycles. The standard InChI is InChI=1S/C25H29N5O7S2/c1-13-17(24-22-14(5-6-37-24)3-4-21(30-22)36-2)9-20(38-13)23(32)18-11-26-12-27-25(18)29-16-7-15(19(31)8-16)10-28-39(33,34)35/h3-4,9,11-12,15-16,19,24,28,31H,5-8,10H2,1-2H3,(H,26,27,29)(H,33,34,35)/t15-,16-,19+,24+/m1/s1. The number of fused-ring (bicyclic) bond motifs is 1. The summed E-state index contributed by atoms with van der Waals surface area (Å²) in [5.74, 6) is 0.168. The van der Waals surface area contributed by atoms with Gasteiger partial charge < -0.3 is 19.9 Å². The molecule has 0 bridgehead atoms. The van der Waals surface area contributed by atoms with Gasteiger partial charge in [0.25, 0.3) is 0 Å². The summed E-state index contributed by atoms with van der Waals surface area (Å²) >= 11 is 1.36. The maximum Gasteiger partial charge on any atom is 0.333 e. The fourth-order valence-corrected chi connectivity index (χ4v) is 6.52. The van der Waals surface area contributed by atoms with E-state index in [9.17, 15) is 18.3 Å². The third kappa shape index (κ3) is 6.10. The van der Waals surface area contributed by atoms with Crippen molar-refractivity contribution < 1.29 is 32.3 Å². The number of carbonyl (C=O) groups is 1. The van der Waals surface area contributed by atoms with Crippen LogP contribution in [0.15, 0.2) is 30.7 Å². The topological polar surface area (TPSA) is 173 Å². The van der Waals surface area contributed by atoms with Crippen LogP contribution < -0.4 is 14.8 Å².